The largest absolute Gasteiger partial charge is 0.467 e. The second-order valence-electron chi connectivity index (χ2n) is 7.82. The standard InChI is InChI=1S/C23H22N6O2S/c1-14-6-8-17(9-7-14)18-12-19(20-5-4-10-31-20)29(26-18)21(30)13-32-23-25-22-24-15(2)11-16(3)28(22)27-23/h4-11,19H,12-13H2,1-3H3. The first-order valence-corrected chi connectivity index (χ1v) is 11.3. The Morgan fingerprint density at radius 3 is 2.72 bits per heavy atom. The SMILES string of the molecule is Cc1ccc(C2=NN(C(=O)CSc3nc4nc(C)cc(C)n4n3)C(c3ccco3)C2)cc1. The Balaban J connectivity index is 1.37. The molecule has 1 aliphatic heterocycles. The fraction of sp³-hybridized carbons (Fsp3) is 0.261. The molecule has 4 heterocycles. The van der Waals surface area contributed by atoms with E-state index in [9.17, 15) is 4.79 Å². The summed E-state index contributed by atoms with van der Waals surface area (Å²) in [6.45, 7) is 5.92. The highest BCUT2D eigenvalue weighted by Gasteiger charge is 2.34. The highest BCUT2D eigenvalue weighted by molar-refractivity contribution is 7.99. The number of fused-ring (bicyclic) bond motifs is 1. The van der Waals surface area contributed by atoms with E-state index in [0.29, 0.717) is 17.4 Å². The molecule has 1 aliphatic rings. The number of carbonyl (C=O) groups excluding carboxylic acids is 1. The number of furan rings is 1. The van der Waals surface area contributed by atoms with E-state index in [1.807, 2.05) is 63.2 Å². The van der Waals surface area contributed by atoms with Gasteiger partial charge >= 0.3 is 0 Å². The molecule has 3 aromatic heterocycles. The zero-order chi connectivity index (χ0) is 22.2. The fourth-order valence-electron chi connectivity index (χ4n) is 3.76. The lowest BCUT2D eigenvalue weighted by molar-refractivity contribution is -0.130. The lowest BCUT2D eigenvalue weighted by Crippen LogP contribution is -2.28. The smallest absolute Gasteiger partial charge is 0.253 e. The third-order valence-electron chi connectivity index (χ3n) is 5.35. The zero-order valence-corrected chi connectivity index (χ0v) is 18.8. The third kappa shape index (κ3) is 3.91. The number of aryl methyl sites for hydroxylation is 3. The highest BCUT2D eigenvalue weighted by Crippen LogP contribution is 2.34. The molecule has 8 nitrogen and oxygen atoms in total. The van der Waals surface area contributed by atoms with Crippen molar-refractivity contribution >= 4 is 29.2 Å². The first kappa shape index (κ1) is 20.4. The van der Waals surface area contributed by atoms with Gasteiger partial charge in [-0.1, -0.05) is 41.6 Å². The zero-order valence-electron chi connectivity index (χ0n) is 18.0. The van der Waals surface area contributed by atoms with Gasteiger partial charge in [-0.3, -0.25) is 4.79 Å². The number of nitrogens with zero attached hydrogens (tertiary/aromatic N) is 6. The van der Waals surface area contributed by atoms with Crippen LogP contribution in [0, 0.1) is 20.8 Å². The third-order valence-corrected chi connectivity index (χ3v) is 6.17. The Kier molecular flexibility index (Phi) is 5.26. The van der Waals surface area contributed by atoms with E-state index in [2.05, 4.69) is 20.2 Å². The maximum Gasteiger partial charge on any atom is 0.253 e. The predicted octanol–water partition coefficient (Wildman–Crippen LogP) is 4.11. The molecule has 1 atom stereocenters. The summed E-state index contributed by atoms with van der Waals surface area (Å²) >= 11 is 1.28. The van der Waals surface area contributed by atoms with Gasteiger partial charge in [-0.2, -0.15) is 10.1 Å². The minimum absolute atomic E-state index is 0.127. The van der Waals surface area contributed by atoms with Crippen LogP contribution < -0.4 is 0 Å². The Bertz CT molecular complexity index is 1310. The molecule has 4 aromatic rings. The Morgan fingerprint density at radius 2 is 1.97 bits per heavy atom. The van der Waals surface area contributed by atoms with Crippen molar-refractivity contribution in [3.8, 4) is 0 Å². The molecular formula is C23H22N6O2S. The number of hydrogen-bond acceptors (Lipinski definition) is 7. The highest BCUT2D eigenvalue weighted by atomic mass is 32.2. The molecule has 0 fully saturated rings. The van der Waals surface area contributed by atoms with Gasteiger partial charge in [0, 0.05) is 17.8 Å². The first-order chi connectivity index (χ1) is 15.5. The van der Waals surface area contributed by atoms with E-state index in [0.717, 1.165) is 28.4 Å². The van der Waals surface area contributed by atoms with E-state index >= 15 is 0 Å². The van der Waals surface area contributed by atoms with Crippen LogP contribution in [0.15, 0.2) is 63.4 Å². The Labute approximate surface area is 189 Å². The number of aromatic nitrogens is 4. The number of thioether (sulfide) groups is 1. The molecule has 1 aromatic carbocycles. The van der Waals surface area contributed by atoms with Crippen LogP contribution in [0.4, 0.5) is 0 Å². The Hall–Kier alpha value is -3.46. The van der Waals surface area contributed by atoms with Crippen LogP contribution in [-0.2, 0) is 4.79 Å². The number of hydrazone groups is 1. The van der Waals surface area contributed by atoms with Crippen LogP contribution in [0.2, 0.25) is 0 Å². The lowest BCUT2D eigenvalue weighted by atomic mass is 10.0. The maximum atomic E-state index is 13.2. The molecule has 1 amide bonds. The van der Waals surface area contributed by atoms with Gasteiger partial charge in [-0.25, -0.2) is 14.5 Å². The van der Waals surface area contributed by atoms with Gasteiger partial charge in [0.25, 0.3) is 11.7 Å². The summed E-state index contributed by atoms with van der Waals surface area (Å²) in [5.41, 5.74) is 4.88. The molecular weight excluding hydrogens is 424 g/mol. The van der Waals surface area contributed by atoms with Crippen LogP contribution in [0.25, 0.3) is 5.78 Å². The summed E-state index contributed by atoms with van der Waals surface area (Å²) in [5, 5.41) is 11.2. The quantitative estimate of drug-likeness (QED) is 0.429. The molecule has 1 unspecified atom stereocenters. The van der Waals surface area contributed by atoms with Crippen molar-refractivity contribution in [2.24, 2.45) is 5.10 Å². The van der Waals surface area contributed by atoms with Crippen molar-refractivity contribution < 1.29 is 9.21 Å². The van der Waals surface area contributed by atoms with E-state index in [1.54, 1.807) is 10.8 Å². The molecule has 162 valence electrons. The predicted molar refractivity (Wildman–Crippen MR) is 122 cm³/mol. The molecule has 0 saturated heterocycles. The molecule has 0 spiro atoms. The van der Waals surface area contributed by atoms with Crippen LogP contribution in [0.1, 0.15) is 40.7 Å². The van der Waals surface area contributed by atoms with Gasteiger partial charge in [0.1, 0.15) is 11.8 Å². The number of hydrogen-bond donors (Lipinski definition) is 0. The average Bonchev–Trinajstić information content (AvgIpc) is 3.51. The van der Waals surface area contributed by atoms with E-state index in [1.165, 1.54) is 22.3 Å². The summed E-state index contributed by atoms with van der Waals surface area (Å²) < 4.78 is 7.31. The summed E-state index contributed by atoms with van der Waals surface area (Å²) in [4.78, 5) is 22.0. The summed E-state index contributed by atoms with van der Waals surface area (Å²) in [6.07, 6.45) is 2.22. The number of rotatable bonds is 5. The molecule has 9 heteroatoms. The average molecular weight is 447 g/mol. The molecule has 0 bridgehead atoms. The van der Waals surface area contributed by atoms with E-state index < -0.39 is 0 Å². The minimum Gasteiger partial charge on any atom is -0.467 e. The molecule has 32 heavy (non-hydrogen) atoms. The molecule has 5 rings (SSSR count). The first-order valence-electron chi connectivity index (χ1n) is 10.3. The second-order valence-corrected chi connectivity index (χ2v) is 8.76. The maximum absolute atomic E-state index is 13.2. The van der Waals surface area contributed by atoms with Crippen LogP contribution in [0.3, 0.4) is 0 Å². The normalized spacial score (nSPS) is 16.0. The van der Waals surface area contributed by atoms with Crippen molar-refractivity contribution in [3.63, 3.8) is 0 Å². The summed E-state index contributed by atoms with van der Waals surface area (Å²) in [5.74, 6) is 1.29. The number of amides is 1. The van der Waals surface area contributed by atoms with Gasteiger partial charge in [0.05, 0.1) is 17.7 Å². The van der Waals surface area contributed by atoms with Gasteiger partial charge in [-0.05, 0) is 44.5 Å². The van der Waals surface area contributed by atoms with Crippen LogP contribution in [-0.4, -0.2) is 42.0 Å². The summed E-state index contributed by atoms with van der Waals surface area (Å²) in [7, 11) is 0. The summed E-state index contributed by atoms with van der Waals surface area (Å²) in [6, 6.07) is 13.6. The number of carbonyl (C=O) groups is 1. The van der Waals surface area contributed by atoms with Crippen molar-refractivity contribution in [3.05, 3.63) is 77.0 Å². The fourth-order valence-corrected chi connectivity index (χ4v) is 4.44. The van der Waals surface area contributed by atoms with Crippen molar-refractivity contribution in [1.82, 2.24) is 24.6 Å². The van der Waals surface area contributed by atoms with Gasteiger partial charge in [0.15, 0.2) is 0 Å². The van der Waals surface area contributed by atoms with E-state index in [-0.39, 0.29) is 17.7 Å². The molecule has 0 aliphatic carbocycles. The molecule has 0 saturated carbocycles. The van der Waals surface area contributed by atoms with Crippen LogP contribution in [0.5, 0.6) is 0 Å². The molecule has 0 radical (unpaired) electrons. The van der Waals surface area contributed by atoms with Crippen molar-refractivity contribution in [2.45, 2.75) is 38.4 Å². The lowest BCUT2D eigenvalue weighted by Gasteiger charge is -2.19. The molecule has 0 N–H and O–H groups in total. The topological polar surface area (TPSA) is 88.9 Å². The second kappa shape index (κ2) is 8.23. The Morgan fingerprint density at radius 1 is 1.16 bits per heavy atom. The van der Waals surface area contributed by atoms with Crippen molar-refractivity contribution in [2.75, 3.05) is 5.75 Å². The monoisotopic (exact) mass is 446 g/mol. The van der Waals surface area contributed by atoms with Gasteiger partial charge in [-0.15, -0.1) is 5.10 Å². The van der Waals surface area contributed by atoms with Gasteiger partial charge < -0.3 is 4.42 Å². The minimum atomic E-state index is -0.269. The van der Waals surface area contributed by atoms with Gasteiger partial charge in [0.2, 0.25) is 5.16 Å². The van der Waals surface area contributed by atoms with Crippen LogP contribution >= 0.6 is 11.8 Å². The van der Waals surface area contributed by atoms with Crippen molar-refractivity contribution in [1.29, 1.82) is 0 Å². The van der Waals surface area contributed by atoms with E-state index in [4.69, 9.17) is 4.42 Å². The number of benzene rings is 1.